The summed E-state index contributed by atoms with van der Waals surface area (Å²) >= 11 is 5.91. The molecule has 4 nitrogen and oxygen atoms in total. The van der Waals surface area contributed by atoms with Crippen LogP contribution < -0.4 is 5.63 Å². The molecule has 1 heterocycles. The number of hydrogen-bond donors (Lipinski definition) is 1. The van der Waals surface area contributed by atoms with E-state index < -0.39 is 5.63 Å². The lowest BCUT2D eigenvalue weighted by Gasteiger charge is -2.19. The molecule has 0 saturated carbocycles. The second-order valence-electron chi connectivity index (χ2n) is 5.90. The predicted octanol–water partition coefficient (Wildman–Crippen LogP) is 4.66. The molecule has 0 amide bonds. The fourth-order valence-electron chi connectivity index (χ4n) is 2.89. The summed E-state index contributed by atoms with van der Waals surface area (Å²) in [7, 11) is 0. The molecular formula is C20H20ClNO3. The Morgan fingerprint density at radius 3 is 2.40 bits per heavy atom. The van der Waals surface area contributed by atoms with Gasteiger partial charge in [-0.25, -0.2) is 4.79 Å². The molecule has 3 rings (SSSR count). The topological polar surface area (TPSA) is 53.7 Å². The van der Waals surface area contributed by atoms with Gasteiger partial charge in [0.25, 0.3) is 0 Å². The largest absolute Gasteiger partial charge is 0.507 e. The highest BCUT2D eigenvalue weighted by molar-refractivity contribution is 6.30. The molecule has 0 aliphatic rings. The highest BCUT2D eigenvalue weighted by Gasteiger charge is 2.15. The maximum Gasteiger partial charge on any atom is 0.344 e. The van der Waals surface area contributed by atoms with Crippen LogP contribution in [0.25, 0.3) is 22.1 Å². The molecule has 3 aromatic rings. The zero-order valence-electron chi connectivity index (χ0n) is 14.3. The van der Waals surface area contributed by atoms with Crippen molar-refractivity contribution in [3.8, 4) is 16.9 Å². The van der Waals surface area contributed by atoms with Crippen LogP contribution in [0, 0.1) is 0 Å². The van der Waals surface area contributed by atoms with Crippen LogP contribution in [0.3, 0.4) is 0 Å². The molecule has 5 heteroatoms. The van der Waals surface area contributed by atoms with E-state index in [0.29, 0.717) is 28.3 Å². The normalized spacial score (nSPS) is 11.4. The molecule has 0 saturated heterocycles. The molecular weight excluding hydrogens is 338 g/mol. The van der Waals surface area contributed by atoms with E-state index in [1.54, 1.807) is 42.5 Å². The monoisotopic (exact) mass is 357 g/mol. The Labute approximate surface area is 151 Å². The predicted molar refractivity (Wildman–Crippen MR) is 101 cm³/mol. The van der Waals surface area contributed by atoms with E-state index in [9.17, 15) is 9.90 Å². The Bertz CT molecular complexity index is 944. The van der Waals surface area contributed by atoms with E-state index in [-0.39, 0.29) is 5.75 Å². The van der Waals surface area contributed by atoms with Crippen molar-refractivity contribution in [3.63, 3.8) is 0 Å². The minimum atomic E-state index is -0.429. The van der Waals surface area contributed by atoms with Crippen molar-refractivity contribution >= 4 is 22.6 Å². The van der Waals surface area contributed by atoms with Crippen molar-refractivity contribution < 1.29 is 9.52 Å². The molecule has 25 heavy (non-hydrogen) atoms. The van der Waals surface area contributed by atoms with E-state index in [1.807, 2.05) is 0 Å². The highest BCUT2D eigenvalue weighted by atomic mass is 35.5. The quantitative estimate of drug-likeness (QED) is 0.675. The van der Waals surface area contributed by atoms with Gasteiger partial charge in [-0.2, -0.15) is 0 Å². The summed E-state index contributed by atoms with van der Waals surface area (Å²) in [6.07, 6.45) is 0. The first-order valence-electron chi connectivity index (χ1n) is 8.30. The van der Waals surface area contributed by atoms with E-state index in [4.69, 9.17) is 16.0 Å². The van der Waals surface area contributed by atoms with E-state index in [0.717, 1.165) is 24.0 Å². The summed E-state index contributed by atoms with van der Waals surface area (Å²) in [5.74, 6) is 0.141. The summed E-state index contributed by atoms with van der Waals surface area (Å²) in [5, 5.41) is 11.6. The van der Waals surface area contributed by atoms with Crippen molar-refractivity contribution in [2.45, 2.75) is 20.4 Å². The van der Waals surface area contributed by atoms with Crippen molar-refractivity contribution in [2.24, 2.45) is 0 Å². The number of aromatic hydroxyl groups is 1. The number of hydrogen-bond acceptors (Lipinski definition) is 4. The maximum absolute atomic E-state index is 12.5. The first-order chi connectivity index (χ1) is 12.0. The molecule has 2 aromatic carbocycles. The van der Waals surface area contributed by atoms with Gasteiger partial charge >= 0.3 is 5.63 Å². The average molecular weight is 358 g/mol. The minimum absolute atomic E-state index is 0.141. The SMILES string of the molecule is CCN(CC)Cc1c(O)ccc2cc(-c3ccc(Cl)cc3)c(=O)oc12. The van der Waals surface area contributed by atoms with Crippen LogP contribution in [0.4, 0.5) is 0 Å². The molecule has 0 fully saturated rings. The molecule has 0 spiro atoms. The van der Waals surface area contributed by atoms with Crippen LogP contribution >= 0.6 is 11.6 Å². The summed E-state index contributed by atoms with van der Waals surface area (Å²) < 4.78 is 5.60. The summed E-state index contributed by atoms with van der Waals surface area (Å²) in [4.78, 5) is 14.7. The number of phenols is 1. The van der Waals surface area contributed by atoms with Crippen molar-refractivity contribution in [1.29, 1.82) is 0 Å². The van der Waals surface area contributed by atoms with Gasteiger partial charge in [0.05, 0.1) is 11.1 Å². The van der Waals surface area contributed by atoms with Crippen LogP contribution in [0.1, 0.15) is 19.4 Å². The molecule has 1 N–H and O–H groups in total. The van der Waals surface area contributed by atoms with Gasteiger partial charge in [-0.15, -0.1) is 0 Å². The van der Waals surface area contributed by atoms with Crippen molar-refractivity contribution in [2.75, 3.05) is 13.1 Å². The van der Waals surface area contributed by atoms with Crippen LogP contribution in [0.2, 0.25) is 5.02 Å². The number of phenolic OH excluding ortho intramolecular Hbond substituents is 1. The molecule has 0 bridgehead atoms. The van der Waals surface area contributed by atoms with Gasteiger partial charge in [-0.05, 0) is 49.0 Å². The second kappa shape index (κ2) is 7.30. The van der Waals surface area contributed by atoms with Crippen LogP contribution in [0.5, 0.6) is 5.75 Å². The highest BCUT2D eigenvalue weighted by Crippen LogP contribution is 2.30. The number of rotatable bonds is 5. The zero-order valence-corrected chi connectivity index (χ0v) is 15.0. The third-order valence-electron chi connectivity index (χ3n) is 4.41. The van der Waals surface area contributed by atoms with Gasteiger partial charge in [-0.3, -0.25) is 4.90 Å². The van der Waals surface area contributed by atoms with E-state index in [2.05, 4.69) is 18.7 Å². The van der Waals surface area contributed by atoms with E-state index in [1.165, 1.54) is 0 Å². The van der Waals surface area contributed by atoms with Gasteiger partial charge in [0.2, 0.25) is 0 Å². The average Bonchev–Trinajstić information content (AvgIpc) is 2.62. The van der Waals surface area contributed by atoms with Crippen molar-refractivity contribution in [1.82, 2.24) is 4.90 Å². The second-order valence-corrected chi connectivity index (χ2v) is 6.33. The summed E-state index contributed by atoms with van der Waals surface area (Å²) in [5.41, 5.74) is 1.87. The Morgan fingerprint density at radius 2 is 1.76 bits per heavy atom. The van der Waals surface area contributed by atoms with Gasteiger partial charge in [0, 0.05) is 17.0 Å². The molecule has 1 aromatic heterocycles. The third-order valence-corrected chi connectivity index (χ3v) is 4.66. The first-order valence-corrected chi connectivity index (χ1v) is 8.68. The number of nitrogens with zero attached hydrogens (tertiary/aromatic N) is 1. The standard InChI is InChI=1S/C20H20ClNO3/c1-3-22(4-2)12-17-18(23)10-7-14-11-16(20(24)25-19(14)17)13-5-8-15(21)9-6-13/h5-11,23H,3-4,12H2,1-2H3. The Morgan fingerprint density at radius 1 is 1.08 bits per heavy atom. The number of benzene rings is 2. The smallest absolute Gasteiger partial charge is 0.344 e. The summed E-state index contributed by atoms with van der Waals surface area (Å²) in [6, 6.07) is 12.3. The van der Waals surface area contributed by atoms with Gasteiger partial charge in [-0.1, -0.05) is 37.6 Å². The van der Waals surface area contributed by atoms with Gasteiger partial charge in [0.15, 0.2) is 0 Å². The Balaban J connectivity index is 2.15. The summed E-state index contributed by atoms with van der Waals surface area (Å²) in [6.45, 7) is 6.33. The molecule has 0 atom stereocenters. The zero-order chi connectivity index (χ0) is 18.0. The lowest BCUT2D eigenvalue weighted by atomic mass is 10.0. The fourth-order valence-corrected chi connectivity index (χ4v) is 3.01. The van der Waals surface area contributed by atoms with Crippen LogP contribution in [-0.2, 0) is 6.54 Å². The molecule has 0 unspecified atom stereocenters. The number of halogens is 1. The molecule has 0 aliphatic carbocycles. The van der Waals surface area contributed by atoms with Crippen LogP contribution in [0.15, 0.2) is 51.7 Å². The molecule has 130 valence electrons. The Kier molecular flexibility index (Phi) is 5.11. The van der Waals surface area contributed by atoms with Crippen LogP contribution in [-0.4, -0.2) is 23.1 Å². The fraction of sp³-hybridized carbons (Fsp3) is 0.250. The minimum Gasteiger partial charge on any atom is -0.507 e. The number of fused-ring (bicyclic) bond motifs is 1. The van der Waals surface area contributed by atoms with Gasteiger partial charge < -0.3 is 9.52 Å². The molecule has 0 radical (unpaired) electrons. The van der Waals surface area contributed by atoms with Gasteiger partial charge in [0.1, 0.15) is 11.3 Å². The third kappa shape index (κ3) is 3.55. The lowest BCUT2D eigenvalue weighted by molar-refractivity contribution is 0.290. The van der Waals surface area contributed by atoms with E-state index >= 15 is 0 Å². The first kappa shape index (κ1) is 17.5. The Hall–Kier alpha value is -2.30. The molecule has 0 aliphatic heterocycles. The van der Waals surface area contributed by atoms with Crippen molar-refractivity contribution in [3.05, 3.63) is 63.5 Å². The maximum atomic E-state index is 12.5. The lowest BCUT2D eigenvalue weighted by Crippen LogP contribution is -2.22.